The summed E-state index contributed by atoms with van der Waals surface area (Å²) in [5, 5.41) is 4.85. The van der Waals surface area contributed by atoms with Crippen molar-refractivity contribution in [2.24, 2.45) is 0 Å². The van der Waals surface area contributed by atoms with Crippen molar-refractivity contribution in [2.45, 2.75) is 33.4 Å². The van der Waals surface area contributed by atoms with Crippen molar-refractivity contribution in [1.82, 2.24) is 24.9 Å². The second-order valence-corrected chi connectivity index (χ2v) is 6.93. The number of fused-ring (bicyclic) bond motifs is 1. The van der Waals surface area contributed by atoms with Gasteiger partial charge in [-0.15, -0.1) is 17.9 Å². The van der Waals surface area contributed by atoms with Gasteiger partial charge in [-0.3, -0.25) is 19.4 Å². The van der Waals surface area contributed by atoms with Crippen LogP contribution in [0.15, 0.2) is 18.9 Å². The van der Waals surface area contributed by atoms with Crippen LogP contribution in [0.25, 0.3) is 4.96 Å². The number of aryl methyl sites for hydroxylation is 2. The van der Waals surface area contributed by atoms with Gasteiger partial charge < -0.3 is 5.32 Å². The average Bonchev–Trinajstić information content (AvgIpc) is 3.01. The van der Waals surface area contributed by atoms with E-state index in [0.717, 1.165) is 16.3 Å². The lowest BCUT2D eigenvalue weighted by Gasteiger charge is -2.23. The Kier molecular flexibility index (Phi) is 5.74. The molecule has 2 aromatic rings. The number of urea groups is 1. The van der Waals surface area contributed by atoms with Crippen LogP contribution in [0.4, 0.5) is 4.79 Å². The highest BCUT2D eigenvalue weighted by molar-refractivity contribution is 7.17. The van der Waals surface area contributed by atoms with E-state index in [2.05, 4.69) is 32.8 Å². The largest absolute Gasteiger partial charge is 0.334 e. The number of thiazole rings is 1. The van der Waals surface area contributed by atoms with Gasteiger partial charge in [0.1, 0.15) is 0 Å². The van der Waals surface area contributed by atoms with Gasteiger partial charge >= 0.3 is 6.03 Å². The first-order valence-electron chi connectivity index (χ1n) is 7.67. The summed E-state index contributed by atoms with van der Waals surface area (Å²) in [6.07, 6.45) is 3.60. The van der Waals surface area contributed by atoms with E-state index < -0.39 is 12.1 Å². The maximum atomic E-state index is 12.2. The number of hydrogen-bond donors (Lipinski definition) is 2. The van der Waals surface area contributed by atoms with Gasteiger partial charge in [0, 0.05) is 24.2 Å². The molecule has 24 heavy (non-hydrogen) atoms. The summed E-state index contributed by atoms with van der Waals surface area (Å²) in [6, 6.07) is -0.972. The summed E-state index contributed by atoms with van der Waals surface area (Å²) >= 11 is 1.64. The standard InChI is InChI=1S/C16H23N5O2S/c1-6-7-17-15(23)19-14(22)12(4)20(5)9-13-11(3)18-16-21(13)8-10(2)24-16/h6,8,12H,1,7,9H2,2-5H3,(H2,17,19,22,23)/t12-/m0/s1. The van der Waals surface area contributed by atoms with E-state index in [4.69, 9.17) is 0 Å². The van der Waals surface area contributed by atoms with Gasteiger partial charge in [-0.25, -0.2) is 9.78 Å². The Morgan fingerprint density at radius 1 is 1.50 bits per heavy atom. The first kappa shape index (κ1) is 18.2. The molecular formula is C16H23N5O2S. The molecule has 2 N–H and O–H groups in total. The van der Waals surface area contributed by atoms with Gasteiger partial charge in [-0.1, -0.05) is 6.08 Å². The SMILES string of the molecule is C=CCNC(=O)NC(=O)[C@H](C)N(C)Cc1c(C)nc2sc(C)cn12. The van der Waals surface area contributed by atoms with Crippen molar-refractivity contribution in [3.63, 3.8) is 0 Å². The number of nitrogens with one attached hydrogen (secondary N) is 2. The molecule has 8 heteroatoms. The summed E-state index contributed by atoms with van der Waals surface area (Å²) in [6.45, 7) is 10.2. The number of hydrogen-bond acceptors (Lipinski definition) is 5. The molecule has 0 saturated heterocycles. The number of imide groups is 1. The smallest absolute Gasteiger partial charge is 0.321 e. The van der Waals surface area contributed by atoms with Crippen LogP contribution in [0.2, 0.25) is 0 Å². The third-order valence-electron chi connectivity index (χ3n) is 3.82. The van der Waals surface area contributed by atoms with E-state index in [-0.39, 0.29) is 5.91 Å². The van der Waals surface area contributed by atoms with E-state index >= 15 is 0 Å². The highest BCUT2D eigenvalue weighted by Crippen LogP contribution is 2.21. The lowest BCUT2D eigenvalue weighted by molar-refractivity contribution is -0.124. The van der Waals surface area contributed by atoms with Gasteiger partial charge in [0.25, 0.3) is 0 Å². The summed E-state index contributed by atoms with van der Waals surface area (Å²) in [5.41, 5.74) is 2.00. The highest BCUT2D eigenvalue weighted by Gasteiger charge is 2.22. The molecule has 1 atom stereocenters. The van der Waals surface area contributed by atoms with Crippen LogP contribution in [0.5, 0.6) is 0 Å². The van der Waals surface area contributed by atoms with Crippen molar-refractivity contribution in [3.05, 3.63) is 35.1 Å². The maximum absolute atomic E-state index is 12.2. The third kappa shape index (κ3) is 4.01. The number of nitrogens with zero attached hydrogens (tertiary/aromatic N) is 3. The number of likely N-dealkylation sites (N-methyl/N-ethyl adjacent to an activating group) is 1. The maximum Gasteiger partial charge on any atom is 0.321 e. The minimum atomic E-state index is -0.517. The van der Waals surface area contributed by atoms with E-state index in [0.29, 0.717) is 13.1 Å². The van der Waals surface area contributed by atoms with Crippen molar-refractivity contribution in [2.75, 3.05) is 13.6 Å². The fourth-order valence-corrected chi connectivity index (χ4v) is 3.19. The van der Waals surface area contributed by atoms with Crippen LogP contribution in [0, 0.1) is 13.8 Å². The molecule has 0 saturated carbocycles. The topological polar surface area (TPSA) is 78.7 Å². The average molecular weight is 349 g/mol. The molecule has 0 aliphatic rings. The van der Waals surface area contributed by atoms with Gasteiger partial charge in [-0.2, -0.15) is 0 Å². The zero-order valence-electron chi connectivity index (χ0n) is 14.4. The molecule has 0 aromatic carbocycles. The molecular weight excluding hydrogens is 326 g/mol. The Morgan fingerprint density at radius 3 is 2.88 bits per heavy atom. The molecule has 0 radical (unpaired) electrons. The summed E-state index contributed by atoms with van der Waals surface area (Å²) in [5.74, 6) is -0.348. The van der Waals surface area contributed by atoms with Gasteiger partial charge in [-0.05, 0) is 27.8 Å². The number of carbonyl (C=O) groups excluding carboxylic acids is 2. The Hall–Kier alpha value is -2.19. The monoisotopic (exact) mass is 349 g/mol. The van der Waals surface area contributed by atoms with Crippen LogP contribution < -0.4 is 10.6 Å². The molecule has 2 aromatic heterocycles. The Morgan fingerprint density at radius 2 is 2.21 bits per heavy atom. The van der Waals surface area contributed by atoms with Crippen molar-refractivity contribution >= 4 is 28.2 Å². The zero-order chi connectivity index (χ0) is 17.9. The van der Waals surface area contributed by atoms with E-state index in [1.165, 1.54) is 4.88 Å². The Balaban J connectivity index is 2.03. The van der Waals surface area contributed by atoms with Crippen molar-refractivity contribution < 1.29 is 9.59 Å². The van der Waals surface area contributed by atoms with E-state index in [1.807, 2.05) is 25.8 Å². The predicted octanol–water partition coefficient (Wildman–Crippen LogP) is 1.84. The number of carbonyl (C=O) groups is 2. The molecule has 0 aliphatic heterocycles. The molecule has 2 heterocycles. The molecule has 7 nitrogen and oxygen atoms in total. The Bertz CT molecular complexity index is 764. The molecule has 0 fully saturated rings. The molecule has 2 rings (SSSR count). The lowest BCUT2D eigenvalue weighted by Crippen LogP contribution is -2.48. The number of amides is 3. The number of rotatable bonds is 6. The van der Waals surface area contributed by atoms with Crippen LogP contribution in [0.1, 0.15) is 23.2 Å². The second kappa shape index (κ2) is 7.59. The number of aromatic nitrogens is 2. The Labute approximate surface area is 145 Å². The van der Waals surface area contributed by atoms with Crippen LogP contribution in [0.3, 0.4) is 0 Å². The van der Waals surface area contributed by atoms with Crippen LogP contribution >= 0.6 is 11.3 Å². The molecule has 0 aliphatic carbocycles. The van der Waals surface area contributed by atoms with Gasteiger partial charge in [0.05, 0.1) is 17.4 Å². The van der Waals surface area contributed by atoms with E-state index in [9.17, 15) is 9.59 Å². The molecule has 3 amide bonds. The summed E-state index contributed by atoms with van der Waals surface area (Å²) in [7, 11) is 1.85. The first-order valence-corrected chi connectivity index (χ1v) is 8.49. The van der Waals surface area contributed by atoms with Gasteiger partial charge in [0.2, 0.25) is 5.91 Å². The van der Waals surface area contributed by atoms with Crippen LogP contribution in [-0.4, -0.2) is 45.9 Å². The molecule has 130 valence electrons. The third-order valence-corrected chi connectivity index (χ3v) is 4.72. The minimum absolute atomic E-state index is 0.313. The number of imidazole rings is 1. The van der Waals surface area contributed by atoms with Crippen LogP contribution in [-0.2, 0) is 11.3 Å². The van der Waals surface area contributed by atoms with Crippen molar-refractivity contribution in [1.29, 1.82) is 0 Å². The van der Waals surface area contributed by atoms with E-state index in [1.54, 1.807) is 24.3 Å². The molecule has 0 spiro atoms. The quantitative estimate of drug-likeness (QED) is 0.780. The first-order chi connectivity index (χ1) is 11.3. The molecule has 0 unspecified atom stereocenters. The lowest BCUT2D eigenvalue weighted by atomic mass is 10.2. The minimum Gasteiger partial charge on any atom is -0.334 e. The molecule has 0 bridgehead atoms. The zero-order valence-corrected chi connectivity index (χ0v) is 15.2. The predicted molar refractivity (Wildman–Crippen MR) is 95.2 cm³/mol. The highest BCUT2D eigenvalue weighted by atomic mass is 32.1. The normalized spacial score (nSPS) is 12.4. The fourth-order valence-electron chi connectivity index (χ4n) is 2.30. The fraction of sp³-hybridized carbons (Fsp3) is 0.438. The second-order valence-electron chi connectivity index (χ2n) is 5.72. The summed E-state index contributed by atoms with van der Waals surface area (Å²) in [4.78, 5) is 32.3. The van der Waals surface area contributed by atoms with Crippen molar-refractivity contribution in [3.8, 4) is 0 Å². The van der Waals surface area contributed by atoms with Gasteiger partial charge in [0.15, 0.2) is 4.96 Å². The summed E-state index contributed by atoms with van der Waals surface area (Å²) < 4.78 is 2.06.